The Balaban J connectivity index is 0.000000897. The van der Waals surface area contributed by atoms with E-state index in [0.717, 1.165) is 30.6 Å². The van der Waals surface area contributed by atoms with Gasteiger partial charge in [-0.3, -0.25) is 9.59 Å². The molecule has 2 aliphatic heterocycles. The smallest absolute Gasteiger partial charge is 0.309 e. The lowest BCUT2D eigenvalue weighted by molar-refractivity contribution is -0.172. The van der Waals surface area contributed by atoms with Crippen molar-refractivity contribution in [3.63, 3.8) is 0 Å². The Bertz CT molecular complexity index is 1400. The van der Waals surface area contributed by atoms with Gasteiger partial charge in [-0.1, -0.05) is 180 Å². The Morgan fingerprint density at radius 1 is 0.633 bits per heavy atom. The molecule has 0 bridgehead atoms. The van der Waals surface area contributed by atoms with Crippen LogP contribution in [-0.2, 0) is 9.59 Å². The van der Waals surface area contributed by atoms with Gasteiger partial charge in [-0.15, -0.1) is 23.5 Å². The molecular weight excluding hydrogens is 833 g/mol. The first-order valence-corrected chi connectivity index (χ1v) is 27.4. The van der Waals surface area contributed by atoms with E-state index in [1.165, 1.54) is 25.7 Å². The van der Waals surface area contributed by atoms with Crippen LogP contribution in [0.15, 0.2) is 0 Å². The lowest BCUT2D eigenvalue weighted by Crippen LogP contribution is -2.64. The van der Waals surface area contributed by atoms with E-state index in [9.17, 15) is 14.7 Å². The van der Waals surface area contributed by atoms with Gasteiger partial charge in [0.25, 0.3) is 0 Å². The minimum Gasteiger partial charge on any atom is -0.481 e. The van der Waals surface area contributed by atoms with Crippen molar-refractivity contribution in [2.75, 3.05) is 0 Å². The zero-order valence-corrected chi connectivity index (χ0v) is 48.9. The van der Waals surface area contributed by atoms with Gasteiger partial charge < -0.3 is 5.11 Å². The van der Waals surface area contributed by atoms with Crippen molar-refractivity contribution in [3.8, 4) is 0 Å². The minimum absolute atomic E-state index is 0. The molecule has 4 aliphatic rings. The second kappa shape index (κ2) is 20.4. The molecule has 4 rings (SSSR count). The third kappa shape index (κ3) is 10.8. The molecule has 5 atom stereocenters. The summed E-state index contributed by atoms with van der Waals surface area (Å²) in [5.74, 6) is 3.87. The van der Waals surface area contributed by atoms with Crippen molar-refractivity contribution in [1.29, 1.82) is 0 Å². The van der Waals surface area contributed by atoms with Crippen LogP contribution in [0.25, 0.3) is 0 Å². The average Bonchev–Trinajstić information content (AvgIpc) is 3.23. The molecule has 1 unspecified atom stereocenters. The van der Waals surface area contributed by atoms with Crippen molar-refractivity contribution >= 4 is 70.4 Å². The second-order valence-electron chi connectivity index (χ2n) is 24.7. The van der Waals surface area contributed by atoms with Crippen LogP contribution in [0, 0.1) is 68.0 Å². The predicted molar refractivity (Wildman–Crippen MR) is 283 cm³/mol. The first-order chi connectivity index (χ1) is 26.1. The summed E-state index contributed by atoms with van der Waals surface area (Å²) in [4.78, 5) is 23.5. The summed E-state index contributed by atoms with van der Waals surface area (Å²) in [5, 5.41) is 9.91. The van der Waals surface area contributed by atoms with Crippen LogP contribution >= 0.6 is 58.6 Å². The number of hydrogen-bond acceptors (Lipinski definition) is 6. The predicted octanol–water partition coefficient (Wildman–Crippen LogP) is 17.8. The molecule has 0 aromatic carbocycles. The van der Waals surface area contributed by atoms with Gasteiger partial charge in [0.15, 0.2) is 0 Å². The Kier molecular flexibility index (Phi) is 20.7. The maximum absolute atomic E-state index is 12.1. The largest absolute Gasteiger partial charge is 0.481 e. The zero-order chi connectivity index (χ0) is 47.2. The third-order valence-corrected chi connectivity index (χ3v) is 28.1. The highest BCUT2D eigenvalue weighted by molar-refractivity contribution is 8.78. The van der Waals surface area contributed by atoms with Gasteiger partial charge in [-0.2, -0.15) is 13.5 Å². The van der Waals surface area contributed by atoms with E-state index >= 15 is 0 Å². The number of carbonyl (C=O) groups excluding carboxylic acids is 1. The molecule has 4 fully saturated rings. The first-order valence-electron chi connectivity index (χ1n) is 23.6. The van der Waals surface area contributed by atoms with Crippen molar-refractivity contribution in [3.05, 3.63) is 0 Å². The van der Waals surface area contributed by atoms with Gasteiger partial charge in [0.05, 0.1) is 9.49 Å². The van der Waals surface area contributed by atoms with Gasteiger partial charge in [-0.05, 0) is 117 Å². The Morgan fingerprint density at radius 2 is 1.07 bits per heavy atom. The molecule has 2 heterocycles. The number of thioether (sulfide) groups is 2. The van der Waals surface area contributed by atoms with Crippen LogP contribution in [-0.4, -0.2) is 39.9 Å². The minimum atomic E-state index is -0.819. The Hall–Kier alpha value is 0.890. The van der Waals surface area contributed by atoms with Crippen molar-refractivity contribution in [2.24, 2.45) is 68.0 Å². The highest BCUT2D eigenvalue weighted by Crippen LogP contribution is 2.77. The summed E-state index contributed by atoms with van der Waals surface area (Å²) in [6.07, 6.45) is 7.44. The monoisotopic (exact) mass is 935 g/mol. The van der Waals surface area contributed by atoms with Gasteiger partial charge in [-0.25, -0.2) is 0 Å². The number of rotatable bonds is 7. The van der Waals surface area contributed by atoms with Crippen molar-refractivity contribution < 1.29 is 14.7 Å². The second-order valence-corrected chi connectivity index (χ2v) is 32.1. The molecule has 358 valence electrons. The van der Waals surface area contributed by atoms with Crippen LogP contribution in [0.3, 0.4) is 0 Å². The topological polar surface area (TPSA) is 54.4 Å². The summed E-state index contributed by atoms with van der Waals surface area (Å²) in [5.41, 5.74) is -1.08. The van der Waals surface area contributed by atoms with Gasteiger partial charge in [0, 0.05) is 31.3 Å². The van der Waals surface area contributed by atoms with Crippen LogP contribution in [0.2, 0.25) is 0 Å². The molecule has 2 saturated carbocycles. The molecule has 60 heavy (non-hydrogen) atoms. The lowest BCUT2D eigenvalue weighted by Gasteiger charge is -2.64. The van der Waals surface area contributed by atoms with Crippen LogP contribution in [0.4, 0.5) is 0 Å². The quantitative estimate of drug-likeness (QED) is 0.255. The number of carbonyl (C=O) groups is 2. The summed E-state index contributed by atoms with van der Waals surface area (Å²) in [6.45, 7) is 61.9. The SMILES string of the molecule is CC.CC(C)[C@@H]1CC[C@@H](C)CC12SC(C)(C)C(C)(C)C(C)(C)S2.CC(C)[C@@H]1CC[C@@H](C)CC1=O.CC1(C)SSC(C)(C(C)(C)C(C)(C)C(C)(C)C(C)(C)C(=O)O)C1(C)C.S. The molecular formula is C52H102O3S5. The van der Waals surface area contributed by atoms with E-state index in [0.29, 0.717) is 42.5 Å². The van der Waals surface area contributed by atoms with Crippen LogP contribution in [0.5, 0.6) is 0 Å². The summed E-state index contributed by atoms with van der Waals surface area (Å²) < 4.78 is 1.24. The normalized spacial score (nSPS) is 30.4. The van der Waals surface area contributed by atoms with E-state index in [1.54, 1.807) is 0 Å². The summed E-state index contributed by atoms with van der Waals surface area (Å²) in [7, 11) is 3.98. The maximum atomic E-state index is 12.1. The van der Waals surface area contributed by atoms with Gasteiger partial charge in [0.2, 0.25) is 0 Å². The zero-order valence-electron chi connectivity index (χ0n) is 44.6. The van der Waals surface area contributed by atoms with Crippen molar-refractivity contribution in [2.45, 2.75) is 249 Å². The molecule has 0 amide bonds. The van der Waals surface area contributed by atoms with Crippen LogP contribution < -0.4 is 0 Å². The fourth-order valence-electron chi connectivity index (χ4n) is 10.6. The number of aliphatic carboxylic acids is 1. The average molecular weight is 936 g/mol. The molecule has 1 spiro atoms. The summed E-state index contributed by atoms with van der Waals surface area (Å²) in [6, 6.07) is 0. The Morgan fingerprint density at radius 3 is 1.42 bits per heavy atom. The molecule has 1 N–H and O–H groups in total. The van der Waals surface area contributed by atoms with E-state index in [1.807, 2.05) is 49.3 Å². The third-order valence-electron chi connectivity index (χ3n) is 19.1. The maximum Gasteiger partial charge on any atom is 0.309 e. The number of ketones is 1. The van der Waals surface area contributed by atoms with Gasteiger partial charge in [0.1, 0.15) is 5.78 Å². The molecule has 0 radical (unpaired) electrons. The fraction of sp³-hybridized carbons (Fsp3) is 0.962. The van der Waals surface area contributed by atoms with E-state index in [-0.39, 0.29) is 39.2 Å². The van der Waals surface area contributed by atoms with E-state index in [2.05, 4.69) is 183 Å². The van der Waals surface area contributed by atoms with E-state index in [4.69, 9.17) is 0 Å². The number of carboxylic acids is 1. The highest BCUT2D eigenvalue weighted by atomic mass is 33.1. The molecule has 0 aromatic rings. The number of Topliss-reactive ketones (excluding diaryl/α,β-unsaturated/α-hetero) is 1. The van der Waals surface area contributed by atoms with Gasteiger partial charge >= 0.3 is 5.97 Å². The lowest BCUT2D eigenvalue weighted by atomic mass is 9.42. The molecule has 3 nitrogen and oxygen atoms in total. The molecule has 2 saturated heterocycles. The molecule has 0 aromatic heterocycles. The molecule has 8 heteroatoms. The number of hydrogen-bond donors (Lipinski definition) is 1. The van der Waals surface area contributed by atoms with E-state index < -0.39 is 16.8 Å². The fourth-order valence-corrected chi connectivity index (χ4v) is 21.4. The first kappa shape index (κ1) is 60.9. The van der Waals surface area contributed by atoms with Crippen molar-refractivity contribution in [1.82, 2.24) is 0 Å². The Labute approximate surface area is 399 Å². The highest BCUT2D eigenvalue weighted by Gasteiger charge is 2.70. The van der Waals surface area contributed by atoms with Crippen LogP contribution in [0.1, 0.15) is 225 Å². The standard InChI is InChI=1S/C21H40O2S2.C19H36S2.C10H18O.C2H6.H2S/c1-15(2,14(22)23)16(3,4)17(5,6)18(7,8)21(13)19(9,10)20(11,12)24-25-21;1-13(2)15-11-10-14(3)12-19(15)20-17(6,7)16(4,5)18(8,9)21-19;1-7(2)9-5-4-8(3)6-10(9)11;1-2;/h1-13H3,(H,22,23);13-15H,10-12H2,1-9H3;7-9H,4-6H2,1-3H3;1-2H3;1H2/t;14-,15+;8-,9+;;/m.11../s1. The number of carboxylic acid groups (broad SMARTS) is 1. The summed E-state index contributed by atoms with van der Waals surface area (Å²) >= 11 is 4.65. The molecule has 2 aliphatic carbocycles.